The number of hydrogen-bond acceptors (Lipinski definition) is 6. The lowest BCUT2D eigenvalue weighted by molar-refractivity contribution is -0.143. The number of likely N-dealkylation sites (tertiary alicyclic amines) is 1. The molecular weight excluding hydrogens is 451 g/mol. The van der Waals surface area contributed by atoms with Gasteiger partial charge < -0.3 is 14.7 Å². The topological polar surface area (TPSA) is 97.0 Å². The zero-order chi connectivity index (χ0) is 24.9. The van der Waals surface area contributed by atoms with Crippen molar-refractivity contribution in [2.24, 2.45) is 0 Å². The van der Waals surface area contributed by atoms with Crippen molar-refractivity contribution in [3.05, 3.63) is 53.1 Å². The number of benzene rings is 1. The number of carbonyl (C=O) groups excluding carboxylic acids is 2. The Kier molecular flexibility index (Phi) is 7.75. The van der Waals surface area contributed by atoms with Gasteiger partial charge in [0.2, 0.25) is 0 Å². The van der Waals surface area contributed by atoms with E-state index in [0.717, 1.165) is 37.9 Å². The number of aliphatic hydroxyl groups excluding tert-OH is 1. The van der Waals surface area contributed by atoms with Crippen molar-refractivity contribution in [2.75, 3.05) is 19.8 Å². The first kappa shape index (κ1) is 24.8. The normalized spacial score (nSPS) is 16.3. The highest BCUT2D eigenvalue weighted by Gasteiger charge is 2.25. The molecule has 0 aliphatic carbocycles. The summed E-state index contributed by atoms with van der Waals surface area (Å²) < 4.78 is 21.4. The summed E-state index contributed by atoms with van der Waals surface area (Å²) in [4.78, 5) is 31.6. The summed E-state index contributed by atoms with van der Waals surface area (Å²) in [6.07, 6.45) is 4.76. The number of aryl methyl sites for hydroxylation is 1. The molecule has 1 N–H and O–H groups in total. The van der Waals surface area contributed by atoms with Crippen molar-refractivity contribution in [1.29, 1.82) is 0 Å². The number of aliphatic hydroxyl groups is 1. The molecule has 9 heteroatoms. The van der Waals surface area contributed by atoms with Crippen LogP contribution in [0.5, 0.6) is 0 Å². The van der Waals surface area contributed by atoms with E-state index < -0.39 is 11.8 Å². The summed E-state index contributed by atoms with van der Waals surface area (Å²) in [5, 5.41) is 13.3. The third-order valence-electron chi connectivity index (χ3n) is 6.41. The molecule has 1 saturated heterocycles. The van der Waals surface area contributed by atoms with Gasteiger partial charge in [-0.15, -0.1) is 0 Å². The van der Waals surface area contributed by atoms with Gasteiger partial charge in [0, 0.05) is 29.9 Å². The average Bonchev–Trinajstić information content (AvgIpc) is 3.15. The van der Waals surface area contributed by atoms with Crippen LogP contribution in [-0.4, -0.2) is 62.3 Å². The Hall–Kier alpha value is -3.33. The molecule has 3 heterocycles. The highest BCUT2D eigenvalue weighted by molar-refractivity contribution is 5.93. The number of amides is 1. The molecule has 1 amide bonds. The van der Waals surface area contributed by atoms with E-state index in [-0.39, 0.29) is 37.1 Å². The first-order chi connectivity index (χ1) is 16.9. The molecule has 0 radical (unpaired) electrons. The number of carbonyl (C=O) groups is 2. The molecule has 1 aromatic carbocycles. The lowest BCUT2D eigenvalue weighted by atomic mass is 10.1. The second-order valence-corrected chi connectivity index (χ2v) is 8.92. The highest BCUT2D eigenvalue weighted by atomic mass is 19.1. The molecule has 1 fully saturated rings. The summed E-state index contributed by atoms with van der Waals surface area (Å²) in [7, 11) is 0. The van der Waals surface area contributed by atoms with Crippen LogP contribution in [0.15, 0.2) is 30.3 Å². The van der Waals surface area contributed by atoms with Crippen LogP contribution in [0, 0.1) is 5.82 Å². The van der Waals surface area contributed by atoms with Crippen LogP contribution in [0.3, 0.4) is 0 Å². The van der Waals surface area contributed by atoms with Gasteiger partial charge in [-0.05, 0) is 49.9 Å². The highest BCUT2D eigenvalue weighted by Crippen LogP contribution is 2.25. The summed E-state index contributed by atoms with van der Waals surface area (Å²) in [6.45, 7) is 4.44. The van der Waals surface area contributed by atoms with Gasteiger partial charge in [-0.25, -0.2) is 13.9 Å². The van der Waals surface area contributed by atoms with E-state index in [1.165, 1.54) is 6.07 Å². The molecular formula is C26H31FN4O4. The first-order valence-corrected chi connectivity index (χ1v) is 12.2. The van der Waals surface area contributed by atoms with Gasteiger partial charge in [-0.2, -0.15) is 5.10 Å². The van der Waals surface area contributed by atoms with E-state index in [0.29, 0.717) is 29.0 Å². The molecule has 3 aromatic rings. The van der Waals surface area contributed by atoms with E-state index in [1.54, 1.807) is 28.8 Å². The second-order valence-electron chi connectivity index (χ2n) is 8.92. The molecule has 0 saturated carbocycles. The van der Waals surface area contributed by atoms with Crippen molar-refractivity contribution in [3.8, 4) is 11.3 Å². The Morgan fingerprint density at radius 3 is 2.77 bits per heavy atom. The number of fused-ring (bicyclic) bond motifs is 1. The van der Waals surface area contributed by atoms with Gasteiger partial charge in [0.15, 0.2) is 5.65 Å². The third kappa shape index (κ3) is 5.51. The number of ether oxygens (including phenoxy) is 1. The molecule has 35 heavy (non-hydrogen) atoms. The second kappa shape index (κ2) is 10.9. The minimum atomic E-state index is -0.536. The molecule has 4 rings (SSSR count). The van der Waals surface area contributed by atoms with E-state index in [2.05, 4.69) is 17.0 Å². The molecule has 1 unspecified atom stereocenters. The summed E-state index contributed by atoms with van der Waals surface area (Å²) >= 11 is 0. The predicted octanol–water partition coefficient (Wildman–Crippen LogP) is 3.58. The van der Waals surface area contributed by atoms with Crippen molar-refractivity contribution in [2.45, 2.75) is 58.4 Å². The Labute approximate surface area is 203 Å². The smallest absolute Gasteiger partial charge is 0.310 e. The van der Waals surface area contributed by atoms with Gasteiger partial charge in [0.1, 0.15) is 18.1 Å². The Morgan fingerprint density at radius 1 is 1.20 bits per heavy atom. The van der Waals surface area contributed by atoms with Gasteiger partial charge in [0.05, 0.1) is 18.7 Å². The first-order valence-electron chi connectivity index (χ1n) is 12.2. The van der Waals surface area contributed by atoms with E-state index in [1.807, 2.05) is 11.8 Å². The third-order valence-corrected chi connectivity index (χ3v) is 6.41. The summed E-state index contributed by atoms with van der Waals surface area (Å²) in [5.74, 6) is -1.14. The predicted molar refractivity (Wildman–Crippen MR) is 128 cm³/mol. The maximum Gasteiger partial charge on any atom is 0.310 e. The van der Waals surface area contributed by atoms with E-state index >= 15 is 0 Å². The number of rotatable bonds is 7. The average molecular weight is 483 g/mol. The quantitative estimate of drug-likeness (QED) is 0.517. The zero-order valence-electron chi connectivity index (χ0n) is 20.2. The zero-order valence-corrected chi connectivity index (χ0v) is 20.2. The van der Waals surface area contributed by atoms with Gasteiger partial charge >= 0.3 is 5.97 Å². The largest absolute Gasteiger partial charge is 0.463 e. The van der Waals surface area contributed by atoms with Gasteiger partial charge in [-0.1, -0.05) is 25.8 Å². The maximum absolute atomic E-state index is 15.0. The molecule has 1 aliphatic heterocycles. The molecule has 8 nitrogen and oxygen atoms in total. The molecule has 186 valence electrons. The number of hydrogen-bond donors (Lipinski definition) is 1. The fourth-order valence-corrected chi connectivity index (χ4v) is 4.51. The molecule has 0 bridgehead atoms. The van der Waals surface area contributed by atoms with Crippen LogP contribution < -0.4 is 0 Å². The Morgan fingerprint density at radius 2 is 2.03 bits per heavy atom. The van der Waals surface area contributed by atoms with Crippen LogP contribution in [-0.2, 0) is 22.4 Å². The maximum atomic E-state index is 15.0. The lowest BCUT2D eigenvalue weighted by Crippen LogP contribution is -2.38. The minimum Gasteiger partial charge on any atom is -0.463 e. The summed E-state index contributed by atoms with van der Waals surface area (Å²) in [6, 6.07) is 8.12. The van der Waals surface area contributed by atoms with Gasteiger partial charge in [0.25, 0.3) is 5.91 Å². The molecule has 0 spiro atoms. The number of esters is 1. The minimum absolute atomic E-state index is 0.0806. The van der Waals surface area contributed by atoms with Gasteiger partial charge in [-0.3, -0.25) is 9.59 Å². The standard InChI is InChI=1S/C26H31FN4O4/c1-3-19-15-23(26(34)30-10-6-4-5-7-17(30)2)28-24-16-22(29-31(19)24)20-9-8-18(13-21(20)27)14-25(33)35-12-11-32/h8-9,13,15-17,32H,3-7,10-12,14H2,1-2H3. The number of nitrogens with zero attached hydrogens (tertiary/aromatic N) is 4. The number of aromatic nitrogens is 3. The van der Waals surface area contributed by atoms with Crippen LogP contribution in [0.4, 0.5) is 4.39 Å². The van der Waals surface area contributed by atoms with Crippen molar-refractivity contribution in [1.82, 2.24) is 19.5 Å². The van der Waals surface area contributed by atoms with Crippen molar-refractivity contribution >= 4 is 17.5 Å². The van der Waals surface area contributed by atoms with Crippen molar-refractivity contribution in [3.63, 3.8) is 0 Å². The molecule has 2 aromatic heterocycles. The summed E-state index contributed by atoms with van der Waals surface area (Å²) in [5.41, 5.74) is 2.82. The Balaban J connectivity index is 1.63. The van der Waals surface area contributed by atoms with Crippen LogP contribution in [0.1, 0.15) is 61.3 Å². The monoisotopic (exact) mass is 482 g/mol. The van der Waals surface area contributed by atoms with Crippen molar-refractivity contribution < 1.29 is 23.8 Å². The fraction of sp³-hybridized carbons (Fsp3) is 0.462. The molecule has 1 aliphatic rings. The van der Waals surface area contributed by atoms with Crippen LogP contribution in [0.25, 0.3) is 16.9 Å². The van der Waals surface area contributed by atoms with E-state index in [9.17, 15) is 14.0 Å². The van der Waals surface area contributed by atoms with E-state index in [4.69, 9.17) is 9.84 Å². The SMILES string of the molecule is CCc1cc(C(=O)N2CCCCCC2C)nc2cc(-c3ccc(CC(=O)OCCO)cc3F)nn12. The lowest BCUT2D eigenvalue weighted by Gasteiger charge is -2.27. The van der Waals surface area contributed by atoms with Crippen LogP contribution >= 0.6 is 0 Å². The Bertz CT molecular complexity index is 1230. The number of halogens is 1. The molecule has 1 atom stereocenters. The fourth-order valence-electron chi connectivity index (χ4n) is 4.51. The van der Waals surface area contributed by atoms with Crippen LogP contribution in [0.2, 0.25) is 0 Å².